The van der Waals surface area contributed by atoms with Crippen molar-refractivity contribution in [1.82, 2.24) is 0 Å². The normalized spacial score (nSPS) is 11.2. The second kappa shape index (κ2) is 5.38. The lowest BCUT2D eigenvalue weighted by Gasteiger charge is -2.18. The summed E-state index contributed by atoms with van der Waals surface area (Å²) in [6.45, 7) is 9.39. The first-order chi connectivity index (χ1) is 8.61. The molecule has 0 spiro atoms. The Morgan fingerprint density at radius 1 is 1.32 bits per heavy atom. The molecule has 0 bridgehead atoms. The molecule has 1 amide bonds. The number of nitrogens with one attached hydrogen (secondary N) is 1. The maximum absolute atomic E-state index is 11.9. The molecular formula is C14H20N2O3. The average molecular weight is 264 g/mol. The molecule has 1 aromatic carbocycles. The maximum Gasteiger partial charge on any atom is 0.274 e. The second-order valence-electron chi connectivity index (χ2n) is 5.94. The number of nitro groups is 1. The molecule has 5 heteroatoms. The highest BCUT2D eigenvalue weighted by Crippen LogP contribution is 2.29. The van der Waals surface area contributed by atoms with Crippen molar-refractivity contribution in [2.45, 2.75) is 41.0 Å². The summed E-state index contributed by atoms with van der Waals surface area (Å²) in [5.74, 6) is -0.126. The zero-order valence-electron chi connectivity index (χ0n) is 12.0. The van der Waals surface area contributed by atoms with E-state index >= 15 is 0 Å². The Bertz CT molecular complexity index is 516. The number of benzene rings is 1. The highest BCUT2D eigenvalue weighted by atomic mass is 16.6. The molecular weight excluding hydrogens is 244 g/mol. The van der Waals surface area contributed by atoms with Gasteiger partial charge in [0, 0.05) is 12.5 Å². The van der Waals surface area contributed by atoms with Crippen LogP contribution in [0, 0.1) is 29.4 Å². The second-order valence-corrected chi connectivity index (χ2v) is 5.94. The first-order valence-corrected chi connectivity index (χ1v) is 6.16. The van der Waals surface area contributed by atoms with Gasteiger partial charge in [0.2, 0.25) is 5.91 Å². The maximum atomic E-state index is 11.9. The van der Waals surface area contributed by atoms with Gasteiger partial charge in [-0.25, -0.2) is 0 Å². The molecule has 0 aliphatic heterocycles. The molecule has 0 atom stereocenters. The molecule has 1 aromatic rings. The number of carbonyl (C=O) groups excluding carboxylic acids is 1. The molecule has 1 rings (SSSR count). The van der Waals surface area contributed by atoms with Gasteiger partial charge in [0.1, 0.15) is 0 Å². The van der Waals surface area contributed by atoms with Crippen molar-refractivity contribution in [3.8, 4) is 0 Å². The Labute approximate surface area is 113 Å². The van der Waals surface area contributed by atoms with Crippen molar-refractivity contribution >= 4 is 17.3 Å². The van der Waals surface area contributed by atoms with Gasteiger partial charge >= 0.3 is 0 Å². The summed E-state index contributed by atoms with van der Waals surface area (Å²) >= 11 is 0. The topological polar surface area (TPSA) is 72.2 Å². The van der Waals surface area contributed by atoms with Crippen molar-refractivity contribution in [2.75, 3.05) is 5.32 Å². The summed E-state index contributed by atoms with van der Waals surface area (Å²) in [6.07, 6.45) is 0.370. The van der Waals surface area contributed by atoms with Crippen LogP contribution in [-0.4, -0.2) is 10.8 Å². The molecule has 104 valence electrons. The van der Waals surface area contributed by atoms with E-state index in [0.717, 1.165) is 5.56 Å². The molecule has 0 unspecified atom stereocenters. The van der Waals surface area contributed by atoms with Gasteiger partial charge in [-0.2, -0.15) is 0 Å². The predicted molar refractivity (Wildman–Crippen MR) is 75.3 cm³/mol. The Balaban J connectivity index is 3.04. The van der Waals surface area contributed by atoms with Crippen molar-refractivity contribution in [3.63, 3.8) is 0 Å². The Morgan fingerprint density at radius 2 is 1.89 bits per heavy atom. The number of anilines is 1. The molecule has 0 aromatic heterocycles. The van der Waals surface area contributed by atoms with Crippen molar-refractivity contribution in [3.05, 3.63) is 33.4 Å². The van der Waals surface area contributed by atoms with Crippen LogP contribution in [0.1, 0.15) is 38.3 Å². The lowest BCUT2D eigenvalue weighted by Crippen LogP contribution is -2.20. The number of nitro benzene ring substituents is 1. The van der Waals surface area contributed by atoms with Crippen LogP contribution in [0.2, 0.25) is 0 Å². The van der Waals surface area contributed by atoms with Crippen molar-refractivity contribution in [1.29, 1.82) is 0 Å². The van der Waals surface area contributed by atoms with Crippen LogP contribution in [0.5, 0.6) is 0 Å². The number of amides is 1. The molecule has 0 fully saturated rings. The molecule has 0 heterocycles. The third-order valence-electron chi connectivity index (χ3n) is 2.80. The van der Waals surface area contributed by atoms with Crippen molar-refractivity contribution < 1.29 is 9.72 Å². The molecule has 0 saturated carbocycles. The first kappa shape index (κ1) is 15.1. The summed E-state index contributed by atoms with van der Waals surface area (Å²) < 4.78 is 0. The van der Waals surface area contributed by atoms with Gasteiger partial charge < -0.3 is 5.32 Å². The van der Waals surface area contributed by atoms with Gasteiger partial charge in [-0.3, -0.25) is 14.9 Å². The highest BCUT2D eigenvalue weighted by Gasteiger charge is 2.20. The Hall–Kier alpha value is -1.91. The molecule has 0 saturated heterocycles. The summed E-state index contributed by atoms with van der Waals surface area (Å²) in [5.41, 5.74) is 1.77. The number of nitrogens with zero attached hydrogens (tertiary/aromatic N) is 1. The number of rotatable bonds is 3. The van der Waals surface area contributed by atoms with Crippen LogP contribution >= 0.6 is 0 Å². The quantitative estimate of drug-likeness (QED) is 0.669. The van der Waals surface area contributed by atoms with E-state index in [1.54, 1.807) is 13.0 Å². The van der Waals surface area contributed by atoms with Gasteiger partial charge in [-0.15, -0.1) is 0 Å². The van der Waals surface area contributed by atoms with E-state index in [-0.39, 0.29) is 17.0 Å². The summed E-state index contributed by atoms with van der Waals surface area (Å²) in [7, 11) is 0. The molecule has 0 aliphatic rings. The zero-order valence-corrected chi connectivity index (χ0v) is 12.0. The first-order valence-electron chi connectivity index (χ1n) is 6.16. The van der Waals surface area contributed by atoms with Crippen LogP contribution in [-0.2, 0) is 4.79 Å². The fourth-order valence-corrected chi connectivity index (χ4v) is 1.89. The van der Waals surface area contributed by atoms with Crippen LogP contribution < -0.4 is 5.32 Å². The molecule has 19 heavy (non-hydrogen) atoms. The minimum absolute atomic E-state index is 0.0247. The monoisotopic (exact) mass is 264 g/mol. The van der Waals surface area contributed by atoms with Crippen LogP contribution in [0.25, 0.3) is 0 Å². The molecule has 0 radical (unpaired) electrons. The molecule has 0 aliphatic carbocycles. The largest absolute Gasteiger partial charge is 0.325 e. The lowest BCUT2D eigenvalue weighted by atomic mass is 9.92. The van der Waals surface area contributed by atoms with Crippen molar-refractivity contribution in [2.24, 2.45) is 5.41 Å². The minimum atomic E-state index is -0.436. The highest BCUT2D eigenvalue weighted by molar-refractivity contribution is 5.93. The lowest BCUT2D eigenvalue weighted by molar-refractivity contribution is -0.385. The van der Waals surface area contributed by atoms with E-state index in [4.69, 9.17) is 0 Å². The standard InChI is InChI=1S/C14H20N2O3/c1-9-6-7-11(16(18)19)10(2)13(9)15-12(17)8-14(3,4)5/h6-7H,8H2,1-5H3,(H,15,17). The van der Waals surface area contributed by atoms with E-state index < -0.39 is 4.92 Å². The Kier molecular flexibility index (Phi) is 4.29. The third-order valence-corrected chi connectivity index (χ3v) is 2.80. The SMILES string of the molecule is Cc1ccc([N+](=O)[O-])c(C)c1NC(=O)CC(C)(C)C. The van der Waals surface area contributed by atoms with Gasteiger partial charge in [0.05, 0.1) is 16.2 Å². The van der Waals surface area contributed by atoms with Crippen LogP contribution in [0.4, 0.5) is 11.4 Å². The van der Waals surface area contributed by atoms with E-state index in [1.807, 2.05) is 27.7 Å². The third kappa shape index (κ3) is 4.05. The van der Waals surface area contributed by atoms with Gasteiger partial charge in [0.15, 0.2) is 0 Å². The van der Waals surface area contributed by atoms with Crippen LogP contribution in [0.3, 0.4) is 0 Å². The van der Waals surface area contributed by atoms with E-state index in [9.17, 15) is 14.9 Å². The average Bonchev–Trinajstić information content (AvgIpc) is 2.21. The van der Waals surface area contributed by atoms with Gasteiger partial charge in [-0.1, -0.05) is 26.8 Å². The fourth-order valence-electron chi connectivity index (χ4n) is 1.89. The molecule has 5 nitrogen and oxygen atoms in total. The van der Waals surface area contributed by atoms with Crippen LogP contribution in [0.15, 0.2) is 12.1 Å². The fraction of sp³-hybridized carbons (Fsp3) is 0.500. The van der Waals surface area contributed by atoms with E-state index in [2.05, 4.69) is 5.32 Å². The molecule has 1 N–H and O–H groups in total. The smallest absolute Gasteiger partial charge is 0.274 e. The summed E-state index contributed by atoms with van der Waals surface area (Å²) in [6, 6.07) is 3.11. The number of aryl methyl sites for hydroxylation is 1. The Morgan fingerprint density at radius 3 is 2.37 bits per heavy atom. The zero-order chi connectivity index (χ0) is 14.8. The number of hydrogen-bond donors (Lipinski definition) is 1. The number of carbonyl (C=O) groups is 1. The predicted octanol–water partition coefficient (Wildman–Crippen LogP) is 3.59. The van der Waals surface area contributed by atoms with Gasteiger partial charge in [0.25, 0.3) is 5.69 Å². The summed E-state index contributed by atoms with van der Waals surface area (Å²) in [5, 5.41) is 13.7. The number of hydrogen-bond acceptors (Lipinski definition) is 3. The minimum Gasteiger partial charge on any atom is -0.325 e. The van der Waals surface area contributed by atoms with Gasteiger partial charge in [-0.05, 0) is 24.8 Å². The summed E-state index contributed by atoms with van der Waals surface area (Å²) in [4.78, 5) is 22.4. The van der Waals surface area contributed by atoms with E-state index in [1.165, 1.54) is 6.07 Å². The van der Waals surface area contributed by atoms with E-state index in [0.29, 0.717) is 17.7 Å².